The van der Waals surface area contributed by atoms with Gasteiger partial charge in [0, 0.05) is 7.05 Å². The lowest BCUT2D eigenvalue weighted by Crippen LogP contribution is -2.34. The molecule has 1 rings (SSSR count). The Morgan fingerprint density at radius 3 is 2.59 bits per heavy atom. The van der Waals surface area contributed by atoms with Crippen LogP contribution in [0.15, 0.2) is 18.2 Å². The molecule has 0 heterocycles. The number of nitro groups is 1. The lowest BCUT2D eigenvalue weighted by atomic mass is 10.2. The number of hydrogen-bond acceptors (Lipinski definition) is 6. The predicted octanol–water partition coefficient (Wildman–Crippen LogP) is 2.54. The van der Waals surface area contributed by atoms with Gasteiger partial charge in [0.1, 0.15) is 23.6 Å². The maximum absolute atomic E-state index is 11.4. The maximum atomic E-state index is 11.4. The van der Waals surface area contributed by atoms with Crippen LogP contribution in [0.1, 0.15) is 20.8 Å². The number of amides is 1. The first-order valence-corrected chi connectivity index (χ1v) is 6.79. The normalized spacial score (nSPS) is 10.7. The quantitative estimate of drug-likeness (QED) is 0.475. The van der Waals surface area contributed by atoms with Gasteiger partial charge in [0.25, 0.3) is 5.69 Å². The Bertz CT molecular complexity index is 540. The number of hydrogen-bond donors (Lipinski definition) is 2. The van der Waals surface area contributed by atoms with Crippen molar-refractivity contribution in [2.24, 2.45) is 0 Å². The van der Waals surface area contributed by atoms with Crippen LogP contribution in [-0.2, 0) is 4.74 Å². The molecule has 1 aromatic rings. The average Bonchev–Trinajstić information content (AvgIpc) is 2.41. The molecule has 8 nitrogen and oxygen atoms in total. The van der Waals surface area contributed by atoms with Crippen LogP contribution in [0, 0.1) is 10.1 Å². The number of nitrogens with zero attached hydrogens (tertiary/aromatic N) is 1. The molecule has 0 aliphatic heterocycles. The monoisotopic (exact) mass is 311 g/mol. The molecule has 1 amide bonds. The first-order valence-electron chi connectivity index (χ1n) is 6.79. The van der Waals surface area contributed by atoms with Crippen molar-refractivity contribution < 1.29 is 19.2 Å². The summed E-state index contributed by atoms with van der Waals surface area (Å²) in [4.78, 5) is 21.8. The van der Waals surface area contributed by atoms with Crippen LogP contribution < -0.4 is 15.4 Å². The van der Waals surface area contributed by atoms with E-state index in [9.17, 15) is 14.9 Å². The summed E-state index contributed by atoms with van der Waals surface area (Å²) in [6.45, 7) is 5.72. The van der Waals surface area contributed by atoms with Crippen LogP contribution in [0.25, 0.3) is 0 Å². The minimum atomic E-state index is -0.561. The zero-order valence-corrected chi connectivity index (χ0v) is 13.1. The standard InChI is InChI=1S/C14H21N3O5/c1-14(2,3)22-13(18)16-7-8-21-10-5-6-11(15-4)12(9-10)17(19)20/h5-6,9,15H,7-8H2,1-4H3,(H,16,18). The average molecular weight is 311 g/mol. The van der Waals surface area contributed by atoms with Crippen molar-refractivity contribution in [3.63, 3.8) is 0 Å². The zero-order valence-electron chi connectivity index (χ0n) is 13.1. The highest BCUT2D eigenvalue weighted by molar-refractivity contribution is 5.67. The Morgan fingerprint density at radius 1 is 1.36 bits per heavy atom. The Balaban J connectivity index is 2.47. The van der Waals surface area contributed by atoms with E-state index in [1.165, 1.54) is 6.07 Å². The molecule has 8 heteroatoms. The summed E-state index contributed by atoms with van der Waals surface area (Å²) in [7, 11) is 1.60. The molecule has 22 heavy (non-hydrogen) atoms. The van der Waals surface area contributed by atoms with Gasteiger partial charge < -0.3 is 20.1 Å². The van der Waals surface area contributed by atoms with E-state index in [0.717, 1.165) is 0 Å². The molecular formula is C14H21N3O5. The third-order valence-electron chi connectivity index (χ3n) is 2.47. The largest absolute Gasteiger partial charge is 0.491 e. The topological polar surface area (TPSA) is 103 Å². The first-order chi connectivity index (χ1) is 10.2. The number of benzene rings is 1. The molecule has 0 aromatic heterocycles. The van der Waals surface area contributed by atoms with Crippen molar-refractivity contribution in [3.05, 3.63) is 28.3 Å². The van der Waals surface area contributed by atoms with Crippen LogP contribution in [0.3, 0.4) is 0 Å². The second-order valence-electron chi connectivity index (χ2n) is 5.46. The number of carbonyl (C=O) groups excluding carboxylic acids is 1. The van der Waals surface area contributed by atoms with Crippen molar-refractivity contribution >= 4 is 17.5 Å². The molecule has 122 valence electrons. The molecule has 0 bridgehead atoms. The number of rotatable bonds is 6. The van der Waals surface area contributed by atoms with E-state index in [1.54, 1.807) is 40.0 Å². The molecule has 0 aliphatic rings. The van der Waals surface area contributed by atoms with Crippen LogP contribution in [0.5, 0.6) is 5.75 Å². The van der Waals surface area contributed by atoms with Crippen LogP contribution >= 0.6 is 0 Å². The van der Waals surface area contributed by atoms with Crippen LogP contribution in [0.4, 0.5) is 16.2 Å². The Labute approximate surface area is 128 Å². The SMILES string of the molecule is CNc1ccc(OCCNC(=O)OC(C)(C)C)cc1[N+](=O)[O-]. The van der Waals surface area contributed by atoms with Gasteiger partial charge in [0.2, 0.25) is 0 Å². The first kappa shape index (κ1) is 17.5. The number of alkyl carbamates (subject to hydrolysis) is 1. The fourth-order valence-corrected chi connectivity index (χ4v) is 1.60. The second-order valence-corrected chi connectivity index (χ2v) is 5.46. The lowest BCUT2D eigenvalue weighted by molar-refractivity contribution is -0.384. The number of carbonyl (C=O) groups is 1. The van der Waals surface area contributed by atoms with E-state index in [4.69, 9.17) is 9.47 Å². The highest BCUT2D eigenvalue weighted by Gasteiger charge is 2.16. The molecule has 0 saturated heterocycles. The Kier molecular flexibility index (Phi) is 5.97. The van der Waals surface area contributed by atoms with Gasteiger partial charge in [0.05, 0.1) is 17.5 Å². The van der Waals surface area contributed by atoms with E-state index in [1.807, 2.05) is 0 Å². The lowest BCUT2D eigenvalue weighted by Gasteiger charge is -2.19. The summed E-state index contributed by atoms with van der Waals surface area (Å²) in [5, 5.41) is 16.2. The third kappa shape index (κ3) is 5.86. The molecular weight excluding hydrogens is 290 g/mol. The van der Waals surface area contributed by atoms with E-state index >= 15 is 0 Å². The summed E-state index contributed by atoms with van der Waals surface area (Å²) >= 11 is 0. The minimum Gasteiger partial charge on any atom is -0.491 e. The van der Waals surface area contributed by atoms with Gasteiger partial charge in [-0.2, -0.15) is 0 Å². The van der Waals surface area contributed by atoms with Gasteiger partial charge in [-0.3, -0.25) is 10.1 Å². The third-order valence-corrected chi connectivity index (χ3v) is 2.47. The molecule has 0 fully saturated rings. The van der Waals surface area contributed by atoms with Gasteiger partial charge in [-0.15, -0.1) is 0 Å². The Morgan fingerprint density at radius 2 is 2.05 bits per heavy atom. The summed E-state index contributed by atoms with van der Waals surface area (Å²) in [5.74, 6) is 0.358. The van der Waals surface area contributed by atoms with Crippen molar-refractivity contribution in [1.82, 2.24) is 5.32 Å². The molecule has 0 radical (unpaired) electrons. The van der Waals surface area contributed by atoms with Crippen LogP contribution in [0.2, 0.25) is 0 Å². The zero-order chi connectivity index (χ0) is 16.8. The number of nitrogens with one attached hydrogen (secondary N) is 2. The van der Waals surface area contributed by atoms with Gasteiger partial charge in [0.15, 0.2) is 0 Å². The van der Waals surface area contributed by atoms with Gasteiger partial charge in [-0.25, -0.2) is 4.79 Å². The van der Waals surface area contributed by atoms with E-state index in [0.29, 0.717) is 11.4 Å². The summed E-state index contributed by atoms with van der Waals surface area (Å²) in [5.41, 5.74) is -0.224. The maximum Gasteiger partial charge on any atom is 0.407 e. The highest BCUT2D eigenvalue weighted by Crippen LogP contribution is 2.28. The van der Waals surface area contributed by atoms with E-state index in [-0.39, 0.29) is 18.8 Å². The van der Waals surface area contributed by atoms with E-state index < -0.39 is 16.6 Å². The molecule has 0 spiro atoms. The number of anilines is 1. The highest BCUT2D eigenvalue weighted by atomic mass is 16.6. The van der Waals surface area contributed by atoms with Gasteiger partial charge in [-0.1, -0.05) is 0 Å². The number of ether oxygens (including phenoxy) is 2. The summed E-state index contributed by atoms with van der Waals surface area (Å²) in [6.07, 6.45) is -0.535. The fourth-order valence-electron chi connectivity index (χ4n) is 1.60. The van der Waals surface area contributed by atoms with Gasteiger partial charge >= 0.3 is 6.09 Å². The molecule has 0 unspecified atom stereocenters. The van der Waals surface area contributed by atoms with Gasteiger partial charge in [-0.05, 0) is 32.9 Å². The Hall–Kier alpha value is -2.51. The van der Waals surface area contributed by atoms with E-state index in [2.05, 4.69) is 10.6 Å². The molecule has 1 aromatic carbocycles. The molecule has 2 N–H and O–H groups in total. The predicted molar refractivity (Wildman–Crippen MR) is 82.4 cm³/mol. The van der Waals surface area contributed by atoms with Crippen molar-refractivity contribution in [2.75, 3.05) is 25.5 Å². The molecule has 0 atom stereocenters. The molecule has 0 saturated carbocycles. The van der Waals surface area contributed by atoms with Crippen molar-refractivity contribution in [2.45, 2.75) is 26.4 Å². The number of nitro benzene ring substituents is 1. The smallest absolute Gasteiger partial charge is 0.407 e. The van der Waals surface area contributed by atoms with Crippen LogP contribution in [-0.4, -0.2) is 36.8 Å². The molecule has 0 aliphatic carbocycles. The van der Waals surface area contributed by atoms with Crippen molar-refractivity contribution in [3.8, 4) is 5.75 Å². The second kappa shape index (κ2) is 7.48. The summed E-state index contributed by atoms with van der Waals surface area (Å²) < 4.78 is 10.4. The summed E-state index contributed by atoms with van der Waals surface area (Å²) in [6, 6.07) is 4.51. The fraction of sp³-hybridized carbons (Fsp3) is 0.500. The minimum absolute atomic E-state index is 0.0694. The van der Waals surface area contributed by atoms with Crippen molar-refractivity contribution in [1.29, 1.82) is 0 Å².